The summed E-state index contributed by atoms with van der Waals surface area (Å²) in [5.74, 6) is 0.143. The Morgan fingerprint density at radius 3 is 2.41 bits per heavy atom. The SMILES string of the molecule is CCC(C#N)Cc1cc(C(C)(C)C)ccc1C. The lowest BCUT2D eigenvalue weighted by Gasteiger charge is -2.21. The van der Waals surface area contributed by atoms with E-state index in [9.17, 15) is 0 Å². The number of hydrogen-bond donors (Lipinski definition) is 0. The van der Waals surface area contributed by atoms with Crippen molar-refractivity contribution in [3.05, 3.63) is 34.9 Å². The second-order valence-electron chi connectivity index (χ2n) is 5.83. The van der Waals surface area contributed by atoms with Crippen LogP contribution >= 0.6 is 0 Å². The third kappa shape index (κ3) is 3.60. The average Bonchev–Trinajstić information content (AvgIpc) is 2.26. The molecule has 0 amide bonds. The van der Waals surface area contributed by atoms with Crippen LogP contribution in [0.1, 0.15) is 50.8 Å². The van der Waals surface area contributed by atoms with Gasteiger partial charge < -0.3 is 0 Å². The van der Waals surface area contributed by atoms with E-state index >= 15 is 0 Å². The summed E-state index contributed by atoms with van der Waals surface area (Å²) >= 11 is 0. The molecule has 0 aliphatic heterocycles. The molecule has 1 aromatic carbocycles. The first-order valence-electron chi connectivity index (χ1n) is 6.38. The molecule has 1 atom stereocenters. The lowest BCUT2D eigenvalue weighted by Crippen LogP contribution is -2.12. The van der Waals surface area contributed by atoms with E-state index in [1.165, 1.54) is 16.7 Å². The van der Waals surface area contributed by atoms with Crippen molar-refractivity contribution in [2.45, 2.75) is 52.9 Å². The number of benzene rings is 1. The molecule has 0 bridgehead atoms. The molecule has 92 valence electrons. The minimum Gasteiger partial charge on any atom is -0.198 e. The fourth-order valence-electron chi connectivity index (χ4n) is 1.90. The summed E-state index contributed by atoms with van der Waals surface area (Å²) in [4.78, 5) is 0. The highest BCUT2D eigenvalue weighted by Crippen LogP contribution is 2.26. The normalized spacial score (nSPS) is 13.2. The average molecular weight is 229 g/mol. The molecule has 0 aliphatic carbocycles. The topological polar surface area (TPSA) is 23.8 Å². The van der Waals surface area contributed by atoms with Crippen LogP contribution in [0.2, 0.25) is 0 Å². The molecule has 0 heterocycles. The molecule has 1 unspecified atom stereocenters. The number of rotatable bonds is 3. The van der Waals surface area contributed by atoms with Crippen LogP contribution in [0.3, 0.4) is 0 Å². The largest absolute Gasteiger partial charge is 0.198 e. The van der Waals surface area contributed by atoms with Gasteiger partial charge in [0.25, 0.3) is 0 Å². The molecule has 0 radical (unpaired) electrons. The van der Waals surface area contributed by atoms with Gasteiger partial charge in [-0.2, -0.15) is 5.26 Å². The number of aryl methyl sites for hydroxylation is 1. The molecule has 0 aliphatic rings. The molecule has 1 heteroatoms. The molecular weight excluding hydrogens is 206 g/mol. The van der Waals surface area contributed by atoms with Crippen LogP contribution in [0, 0.1) is 24.2 Å². The van der Waals surface area contributed by atoms with Crippen LogP contribution in [-0.2, 0) is 11.8 Å². The van der Waals surface area contributed by atoms with Crippen LogP contribution in [-0.4, -0.2) is 0 Å². The van der Waals surface area contributed by atoms with Gasteiger partial charge >= 0.3 is 0 Å². The van der Waals surface area contributed by atoms with Crippen molar-refractivity contribution < 1.29 is 0 Å². The molecule has 1 aromatic rings. The monoisotopic (exact) mass is 229 g/mol. The van der Waals surface area contributed by atoms with Gasteiger partial charge in [-0.25, -0.2) is 0 Å². The van der Waals surface area contributed by atoms with E-state index in [0.29, 0.717) is 0 Å². The van der Waals surface area contributed by atoms with E-state index in [4.69, 9.17) is 5.26 Å². The zero-order valence-corrected chi connectivity index (χ0v) is 11.7. The van der Waals surface area contributed by atoms with Crippen LogP contribution < -0.4 is 0 Å². The maximum absolute atomic E-state index is 9.06. The van der Waals surface area contributed by atoms with E-state index in [-0.39, 0.29) is 11.3 Å². The Bertz CT molecular complexity index is 418. The molecule has 0 fully saturated rings. The van der Waals surface area contributed by atoms with Gasteiger partial charge in [-0.15, -0.1) is 0 Å². The summed E-state index contributed by atoms with van der Waals surface area (Å²) < 4.78 is 0. The van der Waals surface area contributed by atoms with Gasteiger partial charge in [0, 0.05) is 0 Å². The zero-order chi connectivity index (χ0) is 13.1. The highest BCUT2D eigenvalue weighted by molar-refractivity contribution is 5.35. The van der Waals surface area contributed by atoms with Crippen molar-refractivity contribution in [3.8, 4) is 6.07 Å². The summed E-state index contributed by atoms with van der Waals surface area (Å²) in [6, 6.07) is 9.04. The van der Waals surface area contributed by atoms with Crippen molar-refractivity contribution in [2.24, 2.45) is 5.92 Å². The van der Waals surface area contributed by atoms with Gasteiger partial charge in [0.1, 0.15) is 0 Å². The third-order valence-corrected chi connectivity index (χ3v) is 3.36. The third-order valence-electron chi connectivity index (χ3n) is 3.36. The lowest BCUT2D eigenvalue weighted by atomic mass is 9.84. The highest BCUT2D eigenvalue weighted by atomic mass is 14.3. The summed E-state index contributed by atoms with van der Waals surface area (Å²) in [6.45, 7) is 10.9. The molecule has 0 N–H and O–H groups in total. The Hall–Kier alpha value is -1.29. The van der Waals surface area contributed by atoms with Gasteiger partial charge in [-0.3, -0.25) is 0 Å². The van der Waals surface area contributed by atoms with Crippen LogP contribution in [0.25, 0.3) is 0 Å². The first-order valence-corrected chi connectivity index (χ1v) is 6.38. The quantitative estimate of drug-likeness (QED) is 0.754. The summed E-state index contributed by atoms with van der Waals surface area (Å²) in [6.07, 6.45) is 1.80. The van der Waals surface area contributed by atoms with Crippen LogP contribution in [0.5, 0.6) is 0 Å². The maximum atomic E-state index is 9.06. The van der Waals surface area contributed by atoms with E-state index < -0.39 is 0 Å². The second kappa shape index (κ2) is 5.36. The van der Waals surface area contributed by atoms with Crippen LogP contribution in [0.4, 0.5) is 0 Å². The molecule has 0 saturated carbocycles. The zero-order valence-electron chi connectivity index (χ0n) is 11.7. The smallest absolute Gasteiger partial charge is 0.0659 e. The van der Waals surface area contributed by atoms with Gasteiger partial charge in [0.2, 0.25) is 0 Å². The van der Waals surface area contributed by atoms with Gasteiger partial charge in [0.05, 0.1) is 12.0 Å². The second-order valence-corrected chi connectivity index (χ2v) is 5.83. The fourth-order valence-corrected chi connectivity index (χ4v) is 1.90. The van der Waals surface area contributed by atoms with E-state index in [1.54, 1.807) is 0 Å². The Morgan fingerprint density at radius 1 is 1.29 bits per heavy atom. The first kappa shape index (κ1) is 13.8. The van der Waals surface area contributed by atoms with E-state index in [1.807, 2.05) is 0 Å². The van der Waals surface area contributed by atoms with Crippen molar-refractivity contribution in [1.82, 2.24) is 0 Å². The van der Waals surface area contributed by atoms with Crippen molar-refractivity contribution in [2.75, 3.05) is 0 Å². The van der Waals surface area contributed by atoms with E-state index in [2.05, 4.69) is 58.9 Å². The molecule has 0 saturated heterocycles. The van der Waals surface area contributed by atoms with Gasteiger partial charge in [-0.05, 0) is 41.9 Å². The first-order chi connectivity index (χ1) is 7.88. The number of hydrogen-bond acceptors (Lipinski definition) is 1. The standard InChI is InChI=1S/C16H23N/c1-6-13(11-17)9-14-10-15(16(3,4)5)8-7-12(14)2/h7-8,10,13H,6,9H2,1-5H3. The Labute approximate surface area is 105 Å². The van der Waals surface area contributed by atoms with E-state index in [0.717, 1.165) is 12.8 Å². The van der Waals surface area contributed by atoms with Crippen molar-refractivity contribution in [3.63, 3.8) is 0 Å². The molecule has 1 nitrogen and oxygen atoms in total. The molecule has 0 spiro atoms. The minimum absolute atomic E-state index is 0.143. The molecular formula is C16H23N. The Balaban J connectivity index is 3.04. The van der Waals surface area contributed by atoms with Gasteiger partial charge in [-0.1, -0.05) is 45.9 Å². The summed E-state index contributed by atoms with van der Waals surface area (Å²) in [5, 5.41) is 9.06. The maximum Gasteiger partial charge on any atom is 0.0659 e. The van der Waals surface area contributed by atoms with Crippen LogP contribution in [0.15, 0.2) is 18.2 Å². The molecule has 17 heavy (non-hydrogen) atoms. The Kier molecular flexibility index (Phi) is 4.34. The van der Waals surface area contributed by atoms with Gasteiger partial charge in [0.15, 0.2) is 0 Å². The van der Waals surface area contributed by atoms with Crippen molar-refractivity contribution >= 4 is 0 Å². The number of nitrogens with zero attached hydrogens (tertiary/aromatic N) is 1. The van der Waals surface area contributed by atoms with Crippen molar-refractivity contribution in [1.29, 1.82) is 5.26 Å². The Morgan fingerprint density at radius 2 is 1.94 bits per heavy atom. The highest BCUT2D eigenvalue weighted by Gasteiger charge is 2.16. The lowest BCUT2D eigenvalue weighted by molar-refractivity contribution is 0.585. The predicted octanol–water partition coefficient (Wildman–Crippen LogP) is 4.38. The minimum atomic E-state index is 0.143. The summed E-state index contributed by atoms with van der Waals surface area (Å²) in [7, 11) is 0. The molecule has 1 rings (SSSR count). The number of nitriles is 1. The summed E-state index contributed by atoms with van der Waals surface area (Å²) in [5.41, 5.74) is 4.15. The molecule has 0 aromatic heterocycles. The predicted molar refractivity (Wildman–Crippen MR) is 73.0 cm³/mol. The fraction of sp³-hybridized carbons (Fsp3) is 0.562.